The standard InChI is InChI=1S/C28H29NO3/c1-21(2)19-20-25(26(30)32-3)29-27(31)28(22-13-7-4-8-14-22,23-15-9-5-10-16-23)24-17-11-6-12-18-24/h4-19,25H,20H2,1-3H3,(H,29,31)/t25-/m0/s1. The molecule has 4 heteroatoms. The Morgan fingerprint density at radius 3 is 1.56 bits per heavy atom. The van der Waals surface area contributed by atoms with E-state index in [4.69, 9.17) is 4.74 Å². The second-order valence-electron chi connectivity index (χ2n) is 7.91. The smallest absolute Gasteiger partial charge is 0.328 e. The molecule has 0 saturated heterocycles. The fraction of sp³-hybridized carbons (Fsp3) is 0.214. The first-order chi connectivity index (χ1) is 15.5. The van der Waals surface area contributed by atoms with E-state index in [2.05, 4.69) is 5.32 Å². The normalized spacial score (nSPS) is 11.8. The number of hydrogen-bond acceptors (Lipinski definition) is 3. The maximum atomic E-state index is 14.2. The van der Waals surface area contributed by atoms with Crippen molar-refractivity contribution >= 4 is 11.9 Å². The lowest BCUT2D eigenvalue weighted by molar-refractivity contribution is -0.145. The molecule has 4 nitrogen and oxygen atoms in total. The van der Waals surface area contributed by atoms with Gasteiger partial charge in [-0.3, -0.25) is 4.79 Å². The fourth-order valence-corrected chi connectivity index (χ4v) is 3.93. The third-order valence-electron chi connectivity index (χ3n) is 5.51. The van der Waals surface area contributed by atoms with Gasteiger partial charge in [-0.1, -0.05) is 103 Å². The van der Waals surface area contributed by atoms with E-state index in [0.29, 0.717) is 6.42 Å². The van der Waals surface area contributed by atoms with Crippen molar-refractivity contribution in [2.24, 2.45) is 0 Å². The van der Waals surface area contributed by atoms with E-state index < -0.39 is 17.4 Å². The van der Waals surface area contributed by atoms with Gasteiger partial charge in [0, 0.05) is 0 Å². The number of carbonyl (C=O) groups is 2. The van der Waals surface area contributed by atoms with Crippen LogP contribution in [0.2, 0.25) is 0 Å². The molecule has 0 radical (unpaired) electrons. The number of ether oxygens (including phenoxy) is 1. The largest absolute Gasteiger partial charge is 0.467 e. The van der Waals surface area contributed by atoms with Gasteiger partial charge in [-0.15, -0.1) is 0 Å². The number of benzene rings is 3. The van der Waals surface area contributed by atoms with E-state index in [1.54, 1.807) is 0 Å². The summed E-state index contributed by atoms with van der Waals surface area (Å²) in [6.07, 6.45) is 2.28. The number of methoxy groups -OCH3 is 1. The molecule has 164 valence electrons. The molecule has 3 aromatic carbocycles. The first-order valence-electron chi connectivity index (χ1n) is 10.7. The SMILES string of the molecule is COC(=O)[C@H](CC=C(C)C)NC(=O)C(c1ccccc1)(c1ccccc1)c1ccccc1. The summed E-state index contributed by atoms with van der Waals surface area (Å²) < 4.78 is 4.99. The van der Waals surface area contributed by atoms with Gasteiger partial charge in [-0.2, -0.15) is 0 Å². The van der Waals surface area contributed by atoms with Crippen molar-refractivity contribution in [3.63, 3.8) is 0 Å². The van der Waals surface area contributed by atoms with Crippen LogP contribution in [-0.2, 0) is 19.7 Å². The minimum Gasteiger partial charge on any atom is -0.467 e. The van der Waals surface area contributed by atoms with Crippen LogP contribution in [-0.4, -0.2) is 25.0 Å². The average Bonchev–Trinajstić information content (AvgIpc) is 2.83. The van der Waals surface area contributed by atoms with Crippen molar-refractivity contribution in [1.82, 2.24) is 5.32 Å². The van der Waals surface area contributed by atoms with Crippen LogP contribution in [0.5, 0.6) is 0 Å². The van der Waals surface area contributed by atoms with E-state index in [0.717, 1.165) is 22.3 Å². The van der Waals surface area contributed by atoms with Gasteiger partial charge in [0.25, 0.3) is 0 Å². The van der Waals surface area contributed by atoms with Crippen LogP contribution in [0.4, 0.5) is 0 Å². The summed E-state index contributed by atoms with van der Waals surface area (Å²) in [6, 6.07) is 28.2. The highest BCUT2D eigenvalue weighted by Gasteiger charge is 2.44. The average molecular weight is 428 g/mol. The summed E-state index contributed by atoms with van der Waals surface area (Å²) in [4.78, 5) is 26.7. The molecule has 1 N–H and O–H groups in total. The maximum absolute atomic E-state index is 14.2. The summed E-state index contributed by atoms with van der Waals surface area (Å²) in [7, 11) is 1.34. The molecule has 0 saturated carbocycles. The Balaban J connectivity index is 2.21. The van der Waals surface area contributed by atoms with Crippen LogP contribution in [0.25, 0.3) is 0 Å². The van der Waals surface area contributed by atoms with Crippen molar-refractivity contribution in [2.45, 2.75) is 31.7 Å². The third-order valence-corrected chi connectivity index (χ3v) is 5.51. The maximum Gasteiger partial charge on any atom is 0.328 e. The number of carbonyl (C=O) groups excluding carboxylic acids is 2. The summed E-state index contributed by atoms with van der Waals surface area (Å²) >= 11 is 0. The van der Waals surface area contributed by atoms with Gasteiger partial charge in [0.1, 0.15) is 11.5 Å². The van der Waals surface area contributed by atoms with E-state index in [1.807, 2.05) is 111 Å². The van der Waals surface area contributed by atoms with Gasteiger partial charge < -0.3 is 10.1 Å². The zero-order chi connectivity index (χ0) is 23.0. The number of nitrogens with one attached hydrogen (secondary N) is 1. The lowest BCUT2D eigenvalue weighted by Crippen LogP contribution is -2.52. The van der Waals surface area contributed by atoms with E-state index in [9.17, 15) is 9.59 Å². The molecule has 3 aromatic rings. The van der Waals surface area contributed by atoms with Crippen LogP contribution in [0.15, 0.2) is 103 Å². The Morgan fingerprint density at radius 2 is 1.22 bits per heavy atom. The molecule has 0 aliphatic rings. The Morgan fingerprint density at radius 1 is 0.812 bits per heavy atom. The molecule has 3 rings (SSSR count). The molecule has 0 bridgehead atoms. The molecule has 0 spiro atoms. The number of rotatable bonds is 8. The topological polar surface area (TPSA) is 55.4 Å². The van der Waals surface area contributed by atoms with E-state index in [-0.39, 0.29) is 5.91 Å². The molecule has 0 aromatic heterocycles. The third kappa shape index (κ3) is 4.80. The highest BCUT2D eigenvalue weighted by atomic mass is 16.5. The first kappa shape index (κ1) is 23.0. The van der Waals surface area contributed by atoms with Gasteiger partial charge in [0.15, 0.2) is 0 Å². The predicted molar refractivity (Wildman–Crippen MR) is 127 cm³/mol. The molecule has 0 unspecified atom stereocenters. The zero-order valence-electron chi connectivity index (χ0n) is 18.7. The summed E-state index contributed by atoms with van der Waals surface area (Å²) in [5.41, 5.74) is 2.39. The quantitative estimate of drug-likeness (QED) is 0.311. The van der Waals surface area contributed by atoms with Crippen LogP contribution in [0.3, 0.4) is 0 Å². The Labute approximate surface area is 189 Å². The Hall–Kier alpha value is -3.66. The van der Waals surface area contributed by atoms with Gasteiger partial charge in [-0.05, 0) is 37.0 Å². The number of amides is 1. The highest BCUT2D eigenvalue weighted by molar-refractivity contribution is 5.98. The van der Waals surface area contributed by atoms with Crippen molar-refractivity contribution in [1.29, 1.82) is 0 Å². The molecular formula is C28H29NO3. The summed E-state index contributed by atoms with van der Waals surface area (Å²) in [5.74, 6) is -0.752. The fourth-order valence-electron chi connectivity index (χ4n) is 3.93. The predicted octanol–water partition coefficient (Wildman–Crippen LogP) is 5.04. The van der Waals surface area contributed by atoms with Crippen LogP contribution in [0.1, 0.15) is 37.0 Å². The Kier molecular flexibility index (Phi) is 7.61. The second kappa shape index (κ2) is 10.6. The van der Waals surface area contributed by atoms with E-state index >= 15 is 0 Å². The molecule has 0 fully saturated rings. The van der Waals surface area contributed by atoms with Crippen LogP contribution < -0.4 is 5.32 Å². The van der Waals surface area contributed by atoms with Gasteiger partial charge >= 0.3 is 5.97 Å². The lowest BCUT2D eigenvalue weighted by atomic mass is 9.68. The molecule has 0 aliphatic carbocycles. The molecule has 1 amide bonds. The number of hydrogen-bond donors (Lipinski definition) is 1. The highest BCUT2D eigenvalue weighted by Crippen LogP contribution is 2.39. The van der Waals surface area contributed by atoms with Gasteiger partial charge in [0.2, 0.25) is 5.91 Å². The summed E-state index contributed by atoms with van der Waals surface area (Å²) in [6.45, 7) is 3.91. The molecule has 0 aliphatic heterocycles. The summed E-state index contributed by atoms with van der Waals surface area (Å²) in [5, 5.41) is 3.00. The van der Waals surface area contributed by atoms with Crippen molar-refractivity contribution in [3.05, 3.63) is 119 Å². The molecule has 32 heavy (non-hydrogen) atoms. The minimum absolute atomic E-state index is 0.279. The van der Waals surface area contributed by atoms with E-state index in [1.165, 1.54) is 7.11 Å². The van der Waals surface area contributed by atoms with Gasteiger partial charge in [0.05, 0.1) is 7.11 Å². The molecule has 0 heterocycles. The van der Waals surface area contributed by atoms with Gasteiger partial charge in [-0.25, -0.2) is 4.79 Å². The Bertz CT molecular complexity index is 959. The number of esters is 1. The zero-order valence-corrected chi connectivity index (χ0v) is 18.7. The second-order valence-corrected chi connectivity index (χ2v) is 7.91. The minimum atomic E-state index is -1.14. The van der Waals surface area contributed by atoms with Crippen LogP contribution >= 0.6 is 0 Å². The van der Waals surface area contributed by atoms with Crippen molar-refractivity contribution in [3.8, 4) is 0 Å². The van der Waals surface area contributed by atoms with Crippen molar-refractivity contribution < 1.29 is 14.3 Å². The first-order valence-corrected chi connectivity index (χ1v) is 10.7. The molecule has 1 atom stereocenters. The van der Waals surface area contributed by atoms with Crippen LogP contribution in [0, 0.1) is 0 Å². The monoisotopic (exact) mass is 427 g/mol. The van der Waals surface area contributed by atoms with Crippen molar-refractivity contribution in [2.75, 3.05) is 7.11 Å². The lowest BCUT2D eigenvalue weighted by Gasteiger charge is -2.35. The molecular weight excluding hydrogens is 398 g/mol. The number of allylic oxidation sites excluding steroid dienone is 1.